The molecule has 14 heteroatoms. The van der Waals surface area contributed by atoms with E-state index in [1.807, 2.05) is 24.3 Å². The van der Waals surface area contributed by atoms with Crippen LogP contribution in [0.2, 0.25) is 0 Å². The Labute approximate surface area is 251 Å². The fourth-order valence-corrected chi connectivity index (χ4v) is 5.79. The summed E-state index contributed by atoms with van der Waals surface area (Å²) in [6.07, 6.45) is -0.966. The molecule has 1 aromatic heterocycles. The van der Waals surface area contributed by atoms with Crippen LogP contribution in [0.1, 0.15) is 46.5 Å². The number of benzene rings is 2. The monoisotopic (exact) mass is 673 g/mol. The van der Waals surface area contributed by atoms with Crippen LogP contribution in [0, 0.1) is 11.8 Å². The zero-order chi connectivity index (χ0) is 31.1. The van der Waals surface area contributed by atoms with Gasteiger partial charge in [-0.3, -0.25) is 0 Å². The Morgan fingerprint density at radius 1 is 0.952 bits per heavy atom. The minimum Gasteiger partial charge on any atom is -0.475 e. The number of carboxylic acids is 1. The van der Waals surface area contributed by atoms with Crippen LogP contribution in [0.4, 0.5) is 24.9 Å². The number of para-hydroxylation sites is 1. The van der Waals surface area contributed by atoms with E-state index in [1.54, 1.807) is 24.3 Å². The number of aliphatic carboxylic acids is 1. The van der Waals surface area contributed by atoms with E-state index in [4.69, 9.17) is 19.9 Å². The summed E-state index contributed by atoms with van der Waals surface area (Å²) in [6.45, 7) is 7.65. The first-order chi connectivity index (χ1) is 19.5. The number of alkyl halides is 3. The molecule has 42 heavy (non-hydrogen) atoms. The fourth-order valence-electron chi connectivity index (χ4n) is 4.41. The number of halogens is 4. The zero-order valence-electron chi connectivity index (χ0n) is 23.5. The van der Waals surface area contributed by atoms with Gasteiger partial charge in [-0.05, 0) is 94.7 Å². The van der Waals surface area contributed by atoms with Gasteiger partial charge in [0.1, 0.15) is 5.82 Å². The van der Waals surface area contributed by atoms with Gasteiger partial charge in [0, 0.05) is 28.5 Å². The number of carbonyl (C=O) groups is 1. The van der Waals surface area contributed by atoms with Crippen LogP contribution >= 0.6 is 15.9 Å². The van der Waals surface area contributed by atoms with Crippen LogP contribution in [-0.4, -0.2) is 54.3 Å². The summed E-state index contributed by atoms with van der Waals surface area (Å²) in [4.78, 5) is 18.7. The molecule has 230 valence electrons. The van der Waals surface area contributed by atoms with Gasteiger partial charge in [-0.1, -0.05) is 28.1 Å². The molecular formula is C28H35BrF3N5O4S. The van der Waals surface area contributed by atoms with Crippen molar-refractivity contribution in [1.82, 2.24) is 14.7 Å². The van der Waals surface area contributed by atoms with Crippen molar-refractivity contribution in [3.63, 3.8) is 0 Å². The third-order valence-corrected chi connectivity index (χ3v) is 8.51. The van der Waals surface area contributed by atoms with E-state index in [-0.39, 0.29) is 5.54 Å². The lowest BCUT2D eigenvalue weighted by atomic mass is 9.82. The van der Waals surface area contributed by atoms with Crippen LogP contribution < -0.4 is 15.4 Å². The third kappa shape index (κ3) is 10.4. The minimum absolute atomic E-state index is 0.106. The molecule has 0 radical (unpaired) electrons. The Bertz CT molecular complexity index is 1460. The summed E-state index contributed by atoms with van der Waals surface area (Å²) in [5.41, 5.74) is 0.810. The van der Waals surface area contributed by atoms with Gasteiger partial charge in [0.2, 0.25) is 16.0 Å². The zero-order valence-corrected chi connectivity index (χ0v) is 25.9. The summed E-state index contributed by atoms with van der Waals surface area (Å²) in [5, 5.41) is 15.1. The number of nitrogens with one attached hydrogen (secondary N) is 3. The number of hydrogen-bond acceptors (Lipinski definition) is 7. The highest BCUT2D eigenvalue weighted by Crippen LogP contribution is 2.30. The molecular weight excluding hydrogens is 639 g/mol. The van der Waals surface area contributed by atoms with Gasteiger partial charge >= 0.3 is 12.1 Å². The smallest absolute Gasteiger partial charge is 0.475 e. The maximum absolute atomic E-state index is 12.6. The SMILES string of the molecule is CC(C)(C)Nc1nc(NCC2CCC(CNS(=O)(=O)c3ccc(Br)cc3)CC2)nc2ccccc12.O=C(O)C(F)(F)F. The molecule has 1 heterocycles. The van der Waals surface area contributed by atoms with Crippen molar-refractivity contribution in [2.75, 3.05) is 23.7 Å². The highest BCUT2D eigenvalue weighted by Gasteiger charge is 2.38. The molecule has 0 bridgehead atoms. The highest BCUT2D eigenvalue weighted by atomic mass is 79.9. The van der Waals surface area contributed by atoms with Gasteiger partial charge < -0.3 is 15.7 Å². The van der Waals surface area contributed by atoms with Crippen molar-refractivity contribution in [3.8, 4) is 0 Å². The summed E-state index contributed by atoms with van der Waals surface area (Å²) in [6, 6.07) is 14.8. The van der Waals surface area contributed by atoms with E-state index in [9.17, 15) is 21.6 Å². The molecule has 0 saturated heterocycles. The van der Waals surface area contributed by atoms with E-state index in [0.717, 1.165) is 53.4 Å². The maximum atomic E-state index is 12.6. The molecule has 1 aliphatic rings. The molecule has 1 fully saturated rings. The Hall–Kier alpha value is -2.97. The summed E-state index contributed by atoms with van der Waals surface area (Å²) < 4.78 is 60.5. The molecule has 0 atom stereocenters. The van der Waals surface area contributed by atoms with Crippen molar-refractivity contribution in [2.24, 2.45) is 11.8 Å². The molecule has 0 unspecified atom stereocenters. The number of fused-ring (bicyclic) bond motifs is 1. The topological polar surface area (TPSA) is 133 Å². The Morgan fingerprint density at radius 2 is 1.50 bits per heavy atom. The second-order valence-electron chi connectivity index (χ2n) is 11.2. The summed E-state index contributed by atoms with van der Waals surface area (Å²) in [5.74, 6) is -0.404. The van der Waals surface area contributed by atoms with Gasteiger partial charge in [-0.15, -0.1) is 0 Å². The average Bonchev–Trinajstić information content (AvgIpc) is 2.90. The van der Waals surface area contributed by atoms with Crippen LogP contribution in [0.3, 0.4) is 0 Å². The van der Waals surface area contributed by atoms with Crippen molar-refractivity contribution in [3.05, 3.63) is 53.0 Å². The van der Waals surface area contributed by atoms with Gasteiger partial charge in [-0.2, -0.15) is 18.2 Å². The van der Waals surface area contributed by atoms with E-state index in [2.05, 4.69) is 52.1 Å². The lowest BCUT2D eigenvalue weighted by Gasteiger charge is -2.29. The third-order valence-electron chi connectivity index (χ3n) is 6.54. The number of anilines is 2. The van der Waals surface area contributed by atoms with Crippen molar-refractivity contribution in [2.45, 2.75) is 63.1 Å². The number of hydrogen-bond donors (Lipinski definition) is 4. The van der Waals surface area contributed by atoms with Gasteiger partial charge in [0.05, 0.1) is 10.4 Å². The summed E-state index contributed by atoms with van der Waals surface area (Å²) >= 11 is 3.34. The van der Waals surface area contributed by atoms with Crippen LogP contribution in [0.15, 0.2) is 57.9 Å². The molecule has 0 spiro atoms. The Kier molecular flexibility index (Phi) is 11.2. The molecule has 1 aliphatic carbocycles. The van der Waals surface area contributed by atoms with Crippen LogP contribution in [-0.2, 0) is 14.8 Å². The van der Waals surface area contributed by atoms with Crippen molar-refractivity contribution < 1.29 is 31.5 Å². The van der Waals surface area contributed by atoms with E-state index in [0.29, 0.717) is 29.2 Å². The second kappa shape index (κ2) is 14.0. The lowest BCUT2D eigenvalue weighted by Crippen LogP contribution is -2.32. The minimum atomic E-state index is -5.08. The molecule has 4 rings (SSSR count). The number of sulfonamides is 1. The largest absolute Gasteiger partial charge is 0.490 e. The normalized spacial score (nSPS) is 17.7. The molecule has 4 N–H and O–H groups in total. The first-order valence-corrected chi connectivity index (χ1v) is 15.7. The average molecular weight is 675 g/mol. The number of aromatic nitrogens is 2. The Morgan fingerprint density at radius 3 is 2.05 bits per heavy atom. The lowest BCUT2D eigenvalue weighted by molar-refractivity contribution is -0.192. The number of rotatable bonds is 8. The molecule has 3 aromatic rings. The van der Waals surface area contributed by atoms with Crippen LogP contribution in [0.25, 0.3) is 10.9 Å². The van der Waals surface area contributed by atoms with Gasteiger partial charge in [-0.25, -0.2) is 22.9 Å². The van der Waals surface area contributed by atoms with E-state index in [1.165, 1.54) is 0 Å². The van der Waals surface area contributed by atoms with Gasteiger partial charge in [0.15, 0.2) is 0 Å². The molecule has 1 saturated carbocycles. The van der Waals surface area contributed by atoms with Crippen LogP contribution in [0.5, 0.6) is 0 Å². The van der Waals surface area contributed by atoms with Crippen molar-refractivity contribution >= 4 is 54.6 Å². The highest BCUT2D eigenvalue weighted by molar-refractivity contribution is 9.10. The second-order valence-corrected chi connectivity index (χ2v) is 13.8. The Balaban J connectivity index is 0.000000616. The van der Waals surface area contributed by atoms with Crippen molar-refractivity contribution in [1.29, 1.82) is 0 Å². The molecule has 0 aliphatic heterocycles. The number of nitrogens with zero attached hydrogens (tertiary/aromatic N) is 2. The fraction of sp³-hybridized carbons (Fsp3) is 0.464. The van der Waals surface area contributed by atoms with Gasteiger partial charge in [0.25, 0.3) is 0 Å². The predicted octanol–water partition coefficient (Wildman–Crippen LogP) is 6.43. The quantitative estimate of drug-likeness (QED) is 0.215. The van der Waals surface area contributed by atoms with E-state index >= 15 is 0 Å². The number of carboxylic acid groups (broad SMARTS) is 1. The maximum Gasteiger partial charge on any atom is 0.490 e. The first kappa shape index (κ1) is 33.5. The molecule has 2 aromatic carbocycles. The predicted molar refractivity (Wildman–Crippen MR) is 160 cm³/mol. The first-order valence-electron chi connectivity index (χ1n) is 13.4. The standard InChI is InChI=1S/C26H34BrN5O2S.C2HF3O2/c1-26(2,3)32-24-22-6-4-5-7-23(22)30-25(31-24)28-16-18-8-10-19(11-9-18)17-29-35(33,34)21-14-12-20(27)13-15-21;3-2(4,5)1(6)7/h4-7,12-15,18-19,29H,8-11,16-17H2,1-3H3,(H2,28,30,31,32);(H,6,7). The summed E-state index contributed by atoms with van der Waals surface area (Å²) in [7, 11) is -3.48. The molecule has 0 amide bonds. The molecule has 9 nitrogen and oxygen atoms in total. The van der Waals surface area contributed by atoms with E-state index < -0.39 is 22.2 Å².